The van der Waals surface area contributed by atoms with Gasteiger partial charge in [-0.3, -0.25) is 5.10 Å². The van der Waals surface area contributed by atoms with Gasteiger partial charge in [-0.05, 0) is 72.4 Å². The molecule has 0 unspecified atom stereocenters. The summed E-state index contributed by atoms with van der Waals surface area (Å²) in [5.41, 5.74) is 3.12. The number of hydrogen-bond donors (Lipinski definition) is 2. The van der Waals surface area contributed by atoms with Crippen LogP contribution in [0.15, 0.2) is 6.20 Å². The zero-order valence-corrected chi connectivity index (χ0v) is 16.5. The van der Waals surface area contributed by atoms with Crippen LogP contribution < -0.4 is 5.32 Å². The maximum absolute atomic E-state index is 6.04. The van der Waals surface area contributed by atoms with Crippen molar-refractivity contribution in [1.29, 1.82) is 0 Å². The van der Waals surface area contributed by atoms with Crippen LogP contribution >= 0.6 is 0 Å². The van der Waals surface area contributed by atoms with Crippen LogP contribution in [-0.2, 0) is 17.7 Å². The Kier molecular flexibility index (Phi) is 5.86. The van der Waals surface area contributed by atoms with E-state index in [1.54, 1.807) is 0 Å². The molecular formula is C20H36N4O. The van der Waals surface area contributed by atoms with Crippen molar-refractivity contribution in [2.45, 2.75) is 64.5 Å². The average Bonchev–Trinajstić information content (AvgIpc) is 3.12. The molecule has 1 saturated heterocycles. The lowest BCUT2D eigenvalue weighted by atomic mass is 9.61. The highest BCUT2D eigenvalue weighted by Gasteiger charge is 2.51. The molecule has 25 heavy (non-hydrogen) atoms. The van der Waals surface area contributed by atoms with Crippen molar-refractivity contribution in [2.75, 3.05) is 33.8 Å². The molecule has 1 aromatic rings. The van der Waals surface area contributed by atoms with Gasteiger partial charge in [-0.2, -0.15) is 5.10 Å². The van der Waals surface area contributed by atoms with Gasteiger partial charge in [0.1, 0.15) is 0 Å². The minimum absolute atomic E-state index is 0.0610. The van der Waals surface area contributed by atoms with Gasteiger partial charge in [-0.1, -0.05) is 0 Å². The van der Waals surface area contributed by atoms with Gasteiger partial charge in [0, 0.05) is 43.4 Å². The van der Waals surface area contributed by atoms with Crippen molar-refractivity contribution in [3.63, 3.8) is 0 Å². The first-order chi connectivity index (χ1) is 12.0. The van der Waals surface area contributed by atoms with E-state index in [1.165, 1.54) is 43.4 Å². The van der Waals surface area contributed by atoms with Crippen LogP contribution in [0, 0.1) is 11.3 Å². The first kappa shape index (κ1) is 18.9. The molecule has 5 nitrogen and oxygen atoms in total. The fraction of sp³-hybridized carbons (Fsp3) is 0.850. The Hall–Kier alpha value is -0.910. The second-order valence-electron chi connectivity index (χ2n) is 8.74. The molecule has 1 aromatic heterocycles. The highest BCUT2D eigenvalue weighted by atomic mass is 16.5. The quantitative estimate of drug-likeness (QED) is 0.795. The maximum atomic E-state index is 6.04. The molecule has 0 bridgehead atoms. The zero-order valence-electron chi connectivity index (χ0n) is 16.5. The number of rotatable bonds is 7. The lowest BCUT2D eigenvalue weighted by Crippen LogP contribution is -2.42. The number of ether oxygens (including phenoxy) is 1. The lowest BCUT2D eigenvalue weighted by molar-refractivity contribution is -0.0546. The van der Waals surface area contributed by atoms with Gasteiger partial charge in [0.05, 0.1) is 11.3 Å². The third kappa shape index (κ3) is 4.09. The Morgan fingerprint density at radius 3 is 2.72 bits per heavy atom. The van der Waals surface area contributed by atoms with E-state index in [0.29, 0.717) is 5.41 Å². The fourth-order valence-corrected chi connectivity index (χ4v) is 4.84. The van der Waals surface area contributed by atoms with E-state index in [9.17, 15) is 0 Å². The van der Waals surface area contributed by atoms with E-state index in [1.807, 2.05) is 7.05 Å². The highest BCUT2D eigenvalue weighted by Crippen LogP contribution is 2.54. The Labute approximate surface area is 152 Å². The molecular weight excluding hydrogens is 312 g/mol. The summed E-state index contributed by atoms with van der Waals surface area (Å²) < 4.78 is 6.04. The molecule has 0 amide bonds. The van der Waals surface area contributed by atoms with Crippen molar-refractivity contribution in [2.24, 2.45) is 11.3 Å². The minimum atomic E-state index is 0.0610. The summed E-state index contributed by atoms with van der Waals surface area (Å²) in [6.07, 6.45) is 9.71. The summed E-state index contributed by atoms with van der Waals surface area (Å²) in [6.45, 7) is 8.60. The molecule has 2 aliphatic rings. The summed E-state index contributed by atoms with van der Waals surface area (Å²) >= 11 is 0. The third-order valence-corrected chi connectivity index (χ3v) is 6.86. The number of nitrogens with zero attached hydrogens (tertiary/aromatic N) is 2. The molecule has 0 atom stereocenters. The fourth-order valence-electron chi connectivity index (χ4n) is 4.84. The average molecular weight is 349 g/mol. The van der Waals surface area contributed by atoms with Gasteiger partial charge in [0.15, 0.2) is 0 Å². The van der Waals surface area contributed by atoms with Crippen molar-refractivity contribution in [3.05, 3.63) is 17.5 Å². The first-order valence-corrected chi connectivity index (χ1v) is 9.94. The number of aromatic nitrogens is 2. The van der Waals surface area contributed by atoms with Crippen LogP contribution in [0.25, 0.3) is 0 Å². The second kappa shape index (κ2) is 7.77. The van der Waals surface area contributed by atoms with Crippen LogP contribution in [0.1, 0.15) is 57.2 Å². The first-order valence-electron chi connectivity index (χ1n) is 9.94. The number of H-pyrrole nitrogens is 1. The summed E-state index contributed by atoms with van der Waals surface area (Å²) in [5.74, 6) is 0.770. The minimum Gasteiger partial charge on any atom is -0.375 e. The summed E-state index contributed by atoms with van der Waals surface area (Å²) in [5, 5.41) is 10.9. The normalized spacial score (nSPS) is 28.9. The number of likely N-dealkylation sites (N-methyl/N-ethyl adjacent to an activating group) is 2. The molecule has 0 radical (unpaired) electrons. The predicted octanol–water partition coefficient (Wildman–Crippen LogP) is 2.98. The molecule has 1 aliphatic carbocycles. The predicted molar refractivity (Wildman–Crippen MR) is 102 cm³/mol. The van der Waals surface area contributed by atoms with Crippen molar-refractivity contribution in [1.82, 2.24) is 20.4 Å². The lowest BCUT2D eigenvalue weighted by Gasteiger charge is -2.45. The standard InChI is InChI=1S/C20H36N4O/c1-19(2)20(9-12-25-19)7-5-16(6-8-20)13-18-17(14-22-23-18)15-24(4)11-10-21-3/h14,16,21H,5-13,15H2,1-4H3,(H,22,23)/t16-,20-. The molecule has 3 rings (SSSR count). The van der Waals surface area contributed by atoms with Crippen LogP contribution in [0.5, 0.6) is 0 Å². The molecule has 2 N–H and O–H groups in total. The van der Waals surface area contributed by atoms with Gasteiger partial charge in [-0.25, -0.2) is 0 Å². The van der Waals surface area contributed by atoms with Crippen LogP contribution in [0.3, 0.4) is 0 Å². The molecule has 0 aromatic carbocycles. The molecule has 1 aliphatic heterocycles. The van der Waals surface area contributed by atoms with E-state index < -0.39 is 0 Å². The monoisotopic (exact) mass is 348 g/mol. The topological polar surface area (TPSA) is 53.2 Å². The Balaban J connectivity index is 1.54. The van der Waals surface area contributed by atoms with E-state index in [-0.39, 0.29) is 5.60 Å². The van der Waals surface area contributed by atoms with E-state index in [2.05, 4.69) is 47.5 Å². The molecule has 1 saturated carbocycles. The maximum Gasteiger partial charge on any atom is 0.0683 e. The van der Waals surface area contributed by atoms with Crippen LogP contribution in [-0.4, -0.2) is 54.5 Å². The van der Waals surface area contributed by atoms with Crippen molar-refractivity contribution < 1.29 is 4.74 Å². The molecule has 2 fully saturated rings. The van der Waals surface area contributed by atoms with Crippen LogP contribution in [0.2, 0.25) is 0 Å². The van der Waals surface area contributed by atoms with Gasteiger partial charge in [-0.15, -0.1) is 0 Å². The van der Waals surface area contributed by atoms with E-state index >= 15 is 0 Å². The van der Waals surface area contributed by atoms with Crippen molar-refractivity contribution in [3.8, 4) is 0 Å². The third-order valence-electron chi connectivity index (χ3n) is 6.86. The SMILES string of the molecule is CNCCN(C)Cc1c[nH]nc1C[C@H]1CC[C@@]2(CCOC2(C)C)CC1. The molecule has 2 heterocycles. The van der Waals surface area contributed by atoms with Crippen LogP contribution in [0.4, 0.5) is 0 Å². The van der Waals surface area contributed by atoms with E-state index in [4.69, 9.17) is 4.74 Å². The Bertz CT molecular complexity index is 546. The summed E-state index contributed by atoms with van der Waals surface area (Å²) in [4.78, 5) is 2.36. The van der Waals surface area contributed by atoms with Gasteiger partial charge < -0.3 is 15.0 Å². The zero-order chi connectivity index (χ0) is 17.9. The largest absolute Gasteiger partial charge is 0.375 e. The Morgan fingerprint density at radius 2 is 2.08 bits per heavy atom. The molecule has 142 valence electrons. The number of nitrogens with one attached hydrogen (secondary N) is 2. The highest BCUT2D eigenvalue weighted by molar-refractivity contribution is 5.17. The Morgan fingerprint density at radius 1 is 1.32 bits per heavy atom. The number of aromatic amines is 1. The van der Waals surface area contributed by atoms with Gasteiger partial charge in [0.2, 0.25) is 0 Å². The smallest absolute Gasteiger partial charge is 0.0683 e. The van der Waals surface area contributed by atoms with Crippen molar-refractivity contribution >= 4 is 0 Å². The molecule has 1 spiro atoms. The molecule has 5 heteroatoms. The van der Waals surface area contributed by atoms with Gasteiger partial charge in [0.25, 0.3) is 0 Å². The summed E-state index contributed by atoms with van der Waals surface area (Å²) in [7, 11) is 4.18. The van der Waals surface area contributed by atoms with E-state index in [0.717, 1.165) is 38.6 Å². The second-order valence-corrected chi connectivity index (χ2v) is 8.74. The summed E-state index contributed by atoms with van der Waals surface area (Å²) in [6, 6.07) is 0. The van der Waals surface area contributed by atoms with Gasteiger partial charge >= 0.3 is 0 Å². The number of hydrogen-bond acceptors (Lipinski definition) is 4.